The summed E-state index contributed by atoms with van der Waals surface area (Å²) >= 11 is 0. The van der Waals surface area contributed by atoms with Crippen LogP contribution in [0.2, 0.25) is 0 Å². The number of hydrogen-bond acceptors (Lipinski definition) is 3. The highest BCUT2D eigenvalue weighted by Gasteiger charge is 2.22. The molecule has 1 atom stereocenters. The van der Waals surface area contributed by atoms with Gasteiger partial charge in [-0.2, -0.15) is 0 Å². The van der Waals surface area contributed by atoms with Crippen molar-refractivity contribution in [2.24, 2.45) is 5.92 Å². The zero-order valence-electron chi connectivity index (χ0n) is 14.3. The van der Waals surface area contributed by atoms with Crippen LogP contribution in [0.25, 0.3) is 10.9 Å². The summed E-state index contributed by atoms with van der Waals surface area (Å²) in [6.45, 7) is 4.68. The Morgan fingerprint density at radius 1 is 1.38 bits per heavy atom. The number of nitrogens with one attached hydrogen (secondary N) is 2. The molecular weight excluding hydrogens is 304 g/mol. The van der Waals surface area contributed by atoms with Gasteiger partial charge in [-0.1, -0.05) is 19.1 Å². The van der Waals surface area contributed by atoms with Crippen LogP contribution in [0, 0.1) is 5.92 Å². The molecule has 2 N–H and O–H groups in total. The highest BCUT2D eigenvalue weighted by molar-refractivity contribution is 6.06. The van der Waals surface area contributed by atoms with Crippen molar-refractivity contribution in [2.75, 3.05) is 13.2 Å². The molecule has 0 spiro atoms. The van der Waals surface area contributed by atoms with Gasteiger partial charge >= 0.3 is 5.97 Å². The lowest BCUT2D eigenvalue weighted by Gasteiger charge is -2.17. The predicted molar refractivity (Wildman–Crippen MR) is 93.1 cm³/mol. The quantitative estimate of drug-likeness (QED) is 0.829. The average molecular weight is 328 g/mol. The summed E-state index contributed by atoms with van der Waals surface area (Å²) < 4.78 is 4.87. The molecule has 1 aromatic heterocycles. The van der Waals surface area contributed by atoms with Crippen LogP contribution < -0.4 is 5.32 Å². The Labute approximate surface area is 141 Å². The molecule has 3 rings (SSSR count). The second-order valence-electron chi connectivity index (χ2n) is 6.47. The maximum atomic E-state index is 12.5. The van der Waals surface area contributed by atoms with Gasteiger partial charge in [0.05, 0.1) is 24.1 Å². The van der Waals surface area contributed by atoms with Crippen LogP contribution in [0.1, 0.15) is 48.3 Å². The molecule has 5 nitrogen and oxygen atoms in total. The number of H-pyrrole nitrogens is 1. The van der Waals surface area contributed by atoms with Crippen molar-refractivity contribution >= 4 is 22.8 Å². The van der Waals surface area contributed by atoms with E-state index in [4.69, 9.17) is 4.74 Å². The summed E-state index contributed by atoms with van der Waals surface area (Å²) in [7, 11) is 0. The molecule has 0 saturated carbocycles. The molecule has 0 saturated heterocycles. The first-order chi connectivity index (χ1) is 11.6. The third-order valence-electron chi connectivity index (χ3n) is 4.63. The Morgan fingerprint density at radius 2 is 2.21 bits per heavy atom. The lowest BCUT2D eigenvalue weighted by Crippen LogP contribution is -2.26. The van der Waals surface area contributed by atoms with Crippen LogP contribution >= 0.6 is 0 Å². The third kappa shape index (κ3) is 3.30. The summed E-state index contributed by atoms with van der Waals surface area (Å²) in [4.78, 5) is 27.3. The predicted octanol–water partition coefficient (Wildman–Crippen LogP) is 2.98. The lowest BCUT2D eigenvalue weighted by atomic mass is 9.87. The SMILES string of the molecule is CCOC(=O)CCNC(=O)c1cccc2c3c([nH]c12)CCC(C)C3. The Bertz CT molecular complexity index is 763. The van der Waals surface area contributed by atoms with E-state index < -0.39 is 0 Å². The number of esters is 1. The average Bonchev–Trinajstić information content (AvgIpc) is 2.93. The summed E-state index contributed by atoms with van der Waals surface area (Å²) in [6, 6.07) is 5.83. The Hall–Kier alpha value is -2.30. The second-order valence-corrected chi connectivity index (χ2v) is 6.47. The molecule has 1 amide bonds. The number of carbonyl (C=O) groups excluding carboxylic acids is 2. The van der Waals surface area contributed by atoms with Crippen molar-refractivity contribution < 1.29 is 14.3 Å². The van der Waals surface area contributed by atoms with Crippen LogP contribution in [-0.2, 0) is 22.4 Å². The minimum Gasteiger partial charge on any atom is -0.466 e. The van der Waals surface area contributed by atoms with Gasteiger partial charge in [0, 0.05) is 17.6 Å². The molecule has 5 heteroatoms. The van der Waals surface area contributed by atoms with Gasteiger partial charge in [0.15, 0.2) is 0 Å². The molecule has 1 aromatic carbocycles. The molecule has 2 aromatic rings. The number of carbonyl (C=O) groups is 2. The first kappa shape index (κ1) is 16.6. The molecule has 0 fully saturated rings. The van der Waals surface area contributed by atoms with Crippen molar-refractivity contribution in [1.29, 1.82) is 0 Å². The fourth-order valence-corrected chi connectivity index (χ4v) is 3.41. The maximum Gasteiger partial charge on any atom is 0.307 e. The molecule has 0 aliphatic heterocycles. The minimum atomic E-state index is -0.291. The summed E-state index contributed by atoms with van der Waals surface area (Å²) in [6.07, 6.45) is 3.47. The molecule has 0 bridgehead atoms. The highest BCUT2D eigenvalue weighted by atomic mass is 16.5. The number of hydrogen-bond donors (Lipinski definition) is 2. The zero-order chi connectivity index (χ0) is 17.1. The lowest BCUT2D eigenvalue weighted by molar-refractivity contribution is -0.142. The van der Waals surface area contributed by atoms with Crippen molar-refractivity contribution in [3.8, 4) is 0 Å². The van der Waals surface area contributed by atoms with Crippen LogP contribution in [0.5, 0.6) is 0 Å². The van der Waals surface area contributed by atoms with E-state index >= 15 is 0 Å². The van der Waals surface area contributed by atoms with E-state index in [9.17, 15) is 9.59 Å². The van der Waals surface area contributed by atoms with Crippen LogP contribution in [0.4, 0.5) is 0 Å². The van der Waals surface area contributed by atoms with Gasteiger partial charge in [0.2, 0.25) is 0 Å². The van der Waals surface area contributed by atoms with Gasteiger partial charge in [-0.3, -0.25) is 9.59 Å². The molecule has 128 valence electrons. The Balaban J connectivity index is 1.77. The monoisotopic (exact) mass is 328 g/mol. The number of para-hydroxylation sites is 1. The minimum absolute atomic E-state index is 0.156. The first-order valence-electron chi connectivity index (χ1n) is 8.66. The van der Waals surface area contributed by atoms with E-state index in [0.717, 1.165) is 23.7 Å². The van der Waals surface area contributed by atoms with Crippen molar-refractivity contribution in [3.05, 3.63) is 35.0 Å². The van der Waals surface area contributed by atoms with Crippen LogP contribution in [0.3, 0.4) is 0 Å². The van der Waals surface area contributed by atoms with E-state index in [1.165, 1.54) is 17.7 Å². The smallest absolute Gasteiger partial charge is 0.307 e. The highest BCUT2D eigenvalue weighted by Crippen LogP contribution is 2.32. The summed E-state index contributed by atoms with van der Waals surface area (Å²) in [5.74, 6) is 0.232. The van der Waals surface area contributed by atoms with Gasteiger partial charge in [-0.05, 0) is 43.7 Å². The molecule has 1 aliphatic rings. The number of rotatable bonds is 5. The molecule has 1 aliphatic carbocycles. The second kappa shape index (κ2) is 7.07. The Kier molecular flexibility index (Phi) is 4.88. The zero-order valence-corrected chi connectivity index (χ0v) is 14.3. The fraction of sp³-hybridized carbons (Fsp3) is 0.474. The maximum absolute atomic E-state index is 12.5. The molecule has 1 heterocycles. The van der Waals surface area contributed by atoms with Crippen LogP contribution in [-0.4, -0.2) is 30.0 Å². The van der Waals surface area contributed by atoms with Crippen molar-refractivity contribution in [3.63, 3.8) is 0 Å². The third-order valence-corrected chi connectivity index (χ3v) is 4.63. The molecular formula is C19H24N2O3. The van der Waals surface area contributed by atoms with Gasteiger partial charge in [0.25, 0.3) is 5.91 Å². The number of fused-ring (bicyclic) bond motifs is 3. The number of amides is 1. The van der Waals surface area contributed by atoms with Crippen molar-refractivity contribution in [2.45, 2.75) is 39.5 Å². The number of aryl methyl sites for hydroxylation is 1. The van der Waals surface area contributed by atoms with Gasteiger partial charge in [0.1, 0.15) is 0 Å². The van der Waals surface area contributed by atoms with E-state index in [0.29, 0.717) is 18.1 Å². The van der Waals surface area contributed by atoms with Gasteiger partial charge in [-0.25, -0.2) is 0 Å². The van der Waals surface area contributed by atoms with E-state index in [1.54, 1.807) is 6.92 Å². The molecule has 0 radical (unpaired) electrons. The van der Waals surface area contributed by atoms with Crippen LogP contribution in [0.15, 0.2) is 18.2 Å². The fourth-order valence-electron chi connectivity index (χ4n) is 3.41. The topological polar surface area (TPSA) is 71.2 Å². The van der Waals surface area contributed by atoms with Crippen molar-refractivity contribution in [1.82, 2.24) is 10.3 Å². The van der Waals surface area contributed by atoms with E-state index in [1.807, 2.05) is 12.1 Å². The largest absolute Gasteiger partial charge is 0.466 e. The summed E-state index contributed by atoms with van der Waals surface area (Å²) in [5.41, 5.74) is 4.16. The number of aromatic amines is 1. The van der Waals surface area contributed by atoms with E-state index in [2.05, 4.69) is 23.3 Å². The van der Waals surface area contributed by atoms with E-state index in [-0.39, 0.29) is 24.8 Å². The number of ether oxygens (including phenoxy) is 1. The molecule has 1 unspecified atom stereocenters. The molecule has 24 heavy (non-hydrogen) atoms. The first-order valence-corrected chi connectivity index (χ1v) is 8.66. The number of aromatic nitrogens is 1. The summed E-state index contributed by atoms with van der Waals surface area (Å²) in [5, 5.41) is 3.96. The number of benzene rings is 1. The standard InChI is InChI=1S/C19H24N2O3/c1-3-24-17(22)9-10-20-19(23)14-6-4-5-13-15-11-12(2)7-8-16(15)21-18(13)14/h4-6,12,21H,3,7-11H2,1-2H3,(H,20,23). The normalized spacial score (nSPS) is 16.7. The van der Waals surface area contributed by atoms with Gasteiger partial charge < -0.3 is 15.0 Å². The Morgan fingerprint density at radius 3 is 3.00 bits per heavy atom. The van der Waals surface area contributed by atoms with Gasteiger partial charge in [-0.15, -0.1) is 0 Å².